The minimum Gasteiger partial charge on any atom is -0.491 e. The van der Waals surface area contributed by atoms with Gasteiger partial charge < -0.3 is 28.4 Å². The summed E-state index contributed by atoms with van der Waals surface area (Å²) in [5.41, 5.74) is 0.566. The third-order valence-electron chi connectivity index (χ3n) is 4.46. The van der Waals surface area contributed by atoms with E-state index >= 15 is 0 Å². The largest absolute Gasteiger partial charge is 0.491 e. The number of hydrogen-bond acceptors (Lipinski definition) is 8. The Hall–Kier alpha value is -3.13. The van der Waals surface area contributed by atoms with Gasteiger partial charge in [-0.05, 0) is 24.3 Å². The molecular weight excluding hydrogens is 511 g/mol. The molecule has 0 fully saturated rings. The van der Waals surface area contributed by atoms with Gasteiger partial charge in [0.05, 0.1) is 59.3 Å². The monoisotopic (exact) mass is 536 g/mol. The number of benzene rings is 2. The second-order valence-electron chi connectivity index (χ2n) is 7.11. The molecule has 0 aliphatic carbocycles. The number of esters is 1. The molecule has 0 aromatic heterocycles. The van der Waals surface area contributed by atoms with Gasteiger partial charge in [-0.1, -0.05) is 0 Å². The molecule has 0 saturated carbocycles. The Morgan fingerprint density at radius 3 is 1.54 bits per heavy atom. The first kappa shape index (κ1) is 30.1. The second kappa shape index (κ2) is 16.6. The zero-order chi connectivity index (χ0) is 27.0. The highest BCUT2D eigenvalue weighted by atomic mass is 19.2. The third-order valence-corrected chi connectivity index (χ3v) is 4.46. The van der Waals surface area contributed by atoms with Gasteiger partial charge in [0, 0.05) is 5.56 Å². The number of ether oxygens (including phenoxy) is 6. The van der Waals surface area contributed by atoms with Crippen LogP contribution in [0.5, 0.6) is 11.5 Å². The lowest BCUT2D eigenvalue weighted by atomic mass is 10.2. The van der Waals surface area contributed by atoms with E-state index in [9.17, 15) is 31.5 Å². The van der Waals surface area contributed by atoms with E-state index in [2.05, 4.69) is 4.74 Å². The van der Waals surface area contributed by atoms with Crippen LogP contribution in [0.4, 0.5) is 22.0 Å². The summed E-state index contributed by atoms with van der Waals surface area (Å²) in [5.74, 6) is -13.5. The van der Waals surface area contributed by atoms with Crippen LogP contribution in [-0.2, 0) is 23.7 Å². The Bertz CT molecular complexity index is 975. The summed E-state index contributed by atoms with van der Waals surface area (Å²) < 4.78 is 96.8. The molecule has 0 radical (unpaired) electrons. The fourth-order valence-corrected chi connectivity index (χ4v) is 2.62. The molecule has 0 saturated heterocycles. The van der Waals surface area contributed by atoms with Crippen LogP contribution in [0, 0.1) is 29.1 Å². The molecule has 8 nitrogen and oxygen atoms in total. The van der Waals surface area contributed by atoms with Crippen molar-refractivity contribution in [1.29, 1.82) is 0 Å². The van der Waals surface area contributed by atoms with Crippen LogP contribution >= 0.6 is 0 Å². The zero-order valence-corrected chi connectivity index (χ0v) is 19.6. The minimum atomic E-state index is -2.35. The van der Waals surface area contributed by atoms with Gasteiger partial charge in [-0.25, -0.2) is 13.2 Å². The maximum atomic E-state index is 13.5. The van der Waals surface area contributed by atoms with Crippen molar-refractivity contribution in [2.75, 3.05) is 59.5 Å². The van der Waals surface area contributed by atoms with E-state index in [1.165, 1.54) is 0 Å². The average Bonchev–Trinajstić information content (AvgIpc) is 2.91. The zero-order valence-electron chi connectivity index (χ0n) is 19.6. The molecule has 2 rings (SSSR count). The molecule has 0 heterocycles. The van der Waals surface area contributed by atoms with Gasteiger partial charge in [0.15, 0.2) is 0 Å². The molecule has 0 N–H and O–H groups in total. The normalized spacial score (nSPS) is 10.9. The van der Waals surface area contributed by atoms with Crippen molar-refractivity contribution in [2.45, 2.75) is 6.42 Å². The summed E-state index contributed by atoms with van der Waals surface area (Å²) in [6.45, 7) is 2.01. The van der Waals surface area contributed by atoms with Crippen LogP contribution in [0.3, 0.4) is 0 Å². The van der Waals surface area contributed by atoms with Crippen LogP contribution in [0.1, 0.15) is 16.8 Å². The number of aldehydes is 1. The number of rotatable bonds is 18. The lowest BCUT2D eigenvalue weighted by molar-refractivity contribution is -0.136. The van der Waals surface area contributed by atoms with Crippen molar-refractivity contribution in [3.05, 3.63) is 58.9 Å². The van der Waals surface area contributed by atoms with Crippen molar-refractivity contribution >= 4 is 12.3 Å². The Kier molecular flexibility index (Phi) is 13.5. The summed E-state index contributed by atoms with van der Waals surface area (Å²) >= 11 is 0. The van der Waals surface area contributed by atoms with Gasteiger partial charge in [-0.3, -0.25) is 9.59 Å². The molecule has 0 bridgehead atoms. The first-order chi connectivity index (χ1) is 17.8. The van der Waals surface area contributed by atoms with Gasteiger partial charge in [-0.2, -0.15) is 8.78 Å². The highest BCUT2D eigenvalue weighted by molar-refractivity contribution is 5.74. The number of hydrogen-bond donors (Lipinski definition) is 0. The van der Waals surface area contributed by atoms with E-state index in [0.29, 0.717) is 44.3 Å². The Balaban J connectivity index is 1.41. The Morgan fingerprint density at radius 1 is 0.622 bits per heavy atom. The van der Waals surface area contributed by atoms with E-state index < -0.39 is 47.2 Å². The molecule has 0 unspecified atom stereocenters. The van der Waals surface area contributed by atoms with Crippen LogP contribution in [0.25, 0.3) is 0 Å². The van der Waals surface area contributed by atoms with Crippen LogP contribution in [0.2, 0.25) is 0 Å². The number of halogens is 5. The van der Waals surface area contributed by atoms with Crippen LogP contribution in [-0.4, -0.2) is 71.7 Å². The summed E-state index contributed by atoms with van der Waals surface area (Å²) in [5, 5.41) is 0. The van der Waals surface area contributed by atoms with Gasteiger partial charge in [0.25, 0.3) is 0 Å². The van der Waals surface area contributed by atoms with Gasteiger partial charge in [0.1, 0.15) is 18.6 Å². The van der Waals surface area contributed by atoms with Gasteiger partial charge >= 0.3 is 5.97 Å². The predicted octanol–water partition coefficient (Wildman–Crippen LogP) is 3.64. The standard InChI is InChI=1S/C24H25F5O8/c25-19-20(26)22(28)24(23(29)21(19)27)37-18(31)5-6-32-7-8-33-9-10-34-11-12-35-13-14-36-17-3-1-16(15-30)2-4-17/h1-4,15H,5-14H2. The minimum absolute atomic E-state index is 0.0801. The third kappa shape index (κ3) is 10.4. The van der Waals surface area contributed by atoms with E-state index in [-0.39, 0.29) is 26.4 Å². The quantitative estimate of drug-likeness (QED) is 0.0543. The molecule has 0 aliphatic rings. The van der Waals surface area contributed by atoms with E-state index in [1.54, 1.807) is 24.3 Å². The summed E-state index contributed by atoms with van der Waals surface area (Å²) in [6.07, 6.45) is 0.263. The van der Waals surface area contributed by atoms with E-state index in [0.717, 1.165) is 6.29 Å². The molecule has 13 heteroatoms. The average molecular weight is 536 g/mol. The SMILES string of the molecule is O=Cc1ccc(OCCOCCOCCOCCOCCC(=O)Oc2c(F)c(F)c(F)c(F)c2F)cc1. The van der Waals surface area contributed by atoms with Crippen LogP contribution in [0.15, 0.2) is 24.3 Å². The Labute approximate surface area is 209 Å². The molecule has 0 spiro atoms. The highest BCUT2D eigenvalue weighted by Crippen LogP contribution is 2.29. The first-order valence-corrected chi connectivity index (χ1v) is 11.1. The fraction of sp³-hybridized carbons (Fsp3) is 0.417. The van der Waals surface area contributed by atoms with Crippen molar-refractivity contribution < 1.29 is 60.0 Å². The lowest BCUT2D eigenvalue weighted by Crippen LogP contribution is -2.16. The smallest absolute Gasteiger partial charge is 0.313 e. The summed E-state index contributed by atoms with van der Waals surface area (Å²) in [4.78, 5) is 22.2. The molecule has 2 aromatic carbocycles. The van der Waals surface area contributed by atoms with Gasteiger partial charge in [-0.15, -0.1) is 0 Å². The lowest BCUT2D eigenvalue weighted by Gasteiger charge is -2.09. The molecule has 204 valence electrons. The molecule has 0 amide bonds. The molecular formula is C24H25F5O8. The van der Waals surface area contributed by atoms with E-state index in [4.69, 9.17) is 23.7 Å². The van der Waals surface area contributed by atoms with Crippen molar-refractivity contribution in [3.63, 3.8) is 0 Å². The van der Waals surface area contributed by atoms with Gasteiger partial charge in [0.2, 0.25) is 34.8 Å². The van der Waals surface area contributed by atoms with Crippen molar-refractivity contribution in [3.8, 4) is 11.5 Å². The summed E-state index contributed by atoms with van der Waals surface area (Å²) in [7, 11) is 0. The summed E-state index contributed by atoms with van der Waals surface area (Å²) in [6, 6.07) is 6.69. The molecule has 37 heavy (non-hydrogen) atoms. The second-order valence-corrected chi connectivity index (χ2v) is 7.11. The van der Waals surface area contributed by atoms with Crippen molar-refractivity contribution in [2.24, 2.45) is 0 Å². The van der Waals surface area contributed by atoms with Crippen LogP contribution < -0.4 is 9.47 Å². The maximum absolute atomic E-state index is 13.5. The predicted molar refractivity (Wildman–Crippen MR) is 117 cm³/mol. The maximum Gasteiger partial charge on any atom is 0.313 e. The Morgan fingerprint density at radius 2 is 1.05 bits per heavy atom. The highest BCUT2D eigenvalue weighted by Gasteiger charge is 2.28. The molecule has 2 aromatic rings. The molecule has 0 aliphatic heterocycles. The topological polar surface area (TPSA) is 89.5 Å². The number of carbonyl (C=O) groups is 2. The number of carbonyl (C=O) groups excluding carboxylic acids is 2. The molecule has 0 atom stereocenters. The fourth-order valence-electron chi connectivity index (χ4n) is 2.62. The van der Waals surface area contributed by atoms with E-state index in [1.807, 2.05) is 0 Å². The first-order valence-electron chi connectivity index (χ1n) is 11.1. The van der Waals surface area contributed by atoms with Crippen molar-refractivity contribution in [1.82, 2.24) is 0 Å².